The van der Waals surface area contributed by atoms with E-state index in [4.69, 9.17) is 37.9 Å². The lowest BCUT2D eigenvalue weighted by Crippen LogP contribution is -2.88. The van der Waals surface area contributed by atoms with Crippen molar-refractivity contribution in [2.75, 3.05) is 13.2 Å². The molecule has 0 radical (unpaired) electrons. The number of aliphatic hydroxyl groups is 1. The number of cyclic esters (lactones) is 1. The van der Waals surface area contributed by atoms with Crippen molar-refractivity contribution in [2.45, 2.75) is 116 Å². The maximum atomic E-state index is 15.1. The Bertz CT molecular complexity index is 1790. The zero-order chi connectivity index (χ0) is 40.3. The average molecular weight is 762 g/mol. The fourth-order valence-electron chi connectivity index (χ4n) is 8.70. The van der Waals surface area contributed by atoms with Gasteiger partial charge in [-0.05, 0) is 26.0 Å². The van der Waals surface area contributed by atoms with E-state index in [0.29, 0.717) is 0 Å². The minimum Gasteiger partial charge on any atom is -0.465 e. The highest BCUT2D eigenvalue weighted by atomic mass is 16.7. The van der Waals surface area contributed by atoms with Gasteiger partial charge in [-0.3, -0.25) is 38.5 Å². The summed E-state index contributed by atoms with van der Waals surface area (Å²) in [6.07, 6.45) is -9.01. The quantitative estimate of drug-likeness (QED) is 0.309. The van der Waals surface area contributed by atoms with Gasteiger partial charge in [-0.2, -0.15) is 0 Å². The molecule has 2 unspecified atom stereocenters. The van der Waals surface area contributed by atoms with Crippen LogP contribution in [0.3, 0.4) is 0 Å². The number of hydrogen-bond acceptors (Lipinski definition) is 18. The topological polar surface area (TPSA) is 244 Å². The molecule has 2 saturated carbocycles. The SMILES string of the molecule is CC(=O)OC[C@]12[C@H](OC(C)=O)C(=O)[C@@H]3[C@@H](OC(C)=O)[C@@]14O[C@@]3(C)COC(=O)c1cccnc1C(C)C(C)C(=O)O[C@@H]([C@H](OC(C)=O)[C@@H]2OC(C)=O)[C@]4(C)O. The predicted octanol–water partition coefficient (Wildman–Crippen LogP) is 0.671. The minimum atomic E-state index is -2.82. The lowest BCUT2D eigenvalue weighted by molar-refractivity contribution is -0.376. The van der Waals surface area contributed by atoms with E-state index in [1.165, 1.54) is 32.2 Å². The van der Waals surface area contributed by atoms with E-state index in [2.05, 4.69) is 4.98 Å². The van der Waals surface area contributed by atoms with E-state index in [1.54, 1.807) is 6.92 Å². The molecular weight excluding hydrogens is 718 g/mol. The summed E-state index contributed by atoms with van der Waals surface area (Å²) in [6, 6.07) is 2.88. The lowest BCUT2D eigenvalue weighted by Gasteiger charge is -2.66. The average Bonchev–Trinajstić information content (AvgIpc) is 3.30. The van der Waals surface area contributed by atoms with Gasteiger partial charge in [-0.15, -0.1) is 0 Å². The fourth-order valence-corrected chi connectivity index (χ4v) is 8.70. The number of carbonyl (C=O) groups excluding carboxylic acids is 8. The summed E-state index contributed by atoms with van der Waals surface area (Å²) in [5.74, 6) is -12.0. The van der Waals surface area contributed by atoms with Crippen molar-refractivity contribution >= 4 is 47.6 Å². The molecule has 54 heavy (non-hydrogen) atoms. The van der Waals surface area contributed by atoms with Crippen LogP contribution in [-0.4, -0.2) is 118 Å². The maximum Gasteiger partial charge on any atom is 0.340 e. The van der Waals surface area contributed by atoms with E-state index in [-0.39, 0.29) is 11.3 Å². The van der Waals surface area contributed by atoms with Gasteiger partial charge in [0.25, 0.3) is 0 Å². The van der Waals surface area contributed by atoms with Gasteiger partial charge in [-0.1, -0.05) is 13.8 Å². The third-order valence-electron chi connectivity index (χ3n) is 10.9. The summed E-state index contributed by atoms with van der Waals surface area (Å²) >= 11 is 0. The Morgan fingerprint density at radius 1 is 0.852 bits per heavy atom. The first-order valence-electron chi connectivity index (χ1n) is 17.2. The monoisotopic (exact) mass is 761 g/mol. The number of Topliss-reactive ketones (excluding diaryl/α,β-unsaturated/α-hetero) is 1. The molecule has 1 aromatic heterocycles. The van der Waals surface area contributed by atoms with E-state index < -0.39 is 131 Å². The summed E-state index contributed by atoms with van der Waals surface area (Å²) in [6.45, 7) is 8.38. The molecule has 2 aliphatic carbocycles. The number of aromatic nitrogens is 1. The highest BCUT2D eigenvalue weighted by Gasteiger charge is 2.91. The van der Waals surface area contributed by atoms with Gasteiger partial charge in [0, 0.05) is 46.7 Å². The fraction of sp³-hybridized carbons (Fsp3) is 0.639. The Labute approximate surface area is 309 Å². The second-order valence-electron chi connectivity index (χ2n) is 14.6. The Kier molecular flexibility index (Phi) is 10.4. The van der Waals surface area contributed by atoms with Crippen LogP contribution >= 0.6 is 0 Å². The number of nitrogens with zero attached hydrogens (tertiary/aromatic N) is 1. The largest absolute Gasteiger partial charge is 0.465 e. The Hall–Kier alpha value is -4.97. The van der Waals surface area contributed by atoms with Crippen LogP contribution in [0, 0.1) is 17.3 Å². The number of hydrogen-bond donors (Lipinski definition) is 1. The summed E-state index contributed by atoms with van der Waals surface area (Å²) in [4.78, 5) is 112. The molecule has 1 saturated heterocycles. The molecule has 294 valence electrons. The molecule has 2 aliphatic heterocycles. The third-order valence-corrected chi connectivity index (χ3v) is 10.9. The first kappa shape index (κ1) is 40.2. The maximum absolute atomic E-state index is 15.1. The van der Waals surface area contributed by atoms with Crippen LogP contribution in [0.25, 0.3) is 0 Å². The molecule has 12 atom stereocenters. The Morgan fingerprint density at radius 3 is 2.02 bits per heavy atom. The number of esters is 7. The van der Waals surface area contributed by atoms with E-state index in [0.717, 1.165) is 41.5 Å². The molecule has 4 bridgehead atoms. The van der Waals surface area contributed by atoms with Crippen molar-refractivity contribution in [2.24, 2.45) is 17.3 Å². The van der Waals surface area contributed by atoms with Crippen molar-refractivity contribution in [3.63, 3.8) is 0 Å². The Morgan fingerprint density at radius 2 is 1.44 bits per heavy atom. The van der Waals surface area contributed by atoms with E-state index >= 15 is 4.79 Å². The second kappa shape index (κ2) is 14.0. The van der Waals surface area contributed by atoms with E-state index in [9.17, 15) is 38.7 Å². The van der Waals surface area contributed by atoms with Crippen LogP contribution in [0.1, 0.15) is 84.3 Å². The van der Waals surface area contributed by atoms with Gasteiger partial charge in [-0.25, -0.2) is 4.79 Å². The number of carbonyl (C=O) groups is 8. The zero-order valence-corrected chi connectivity index (χ0v) is 31.2. The number of ketones is 1. The first-order chi connectivity index (χ1) is 25.1. The molecule has 0 amide bonds. The number of fused-ring (bicyclic) bond motifs is 5. The molecule has 1 N–H and O–H groups in total. The van der Waals surface area contributed by atoms with E-state index in [1.807, 2.05) is 0 Å². The molecule has 4 aliphatic rings. The highest BCUT2D eigenvalue weighted by Crippen LogP contribution is 2.69. The van der Waals surface area contributed by atoms with Crippen molar-refractivity contribution in [1.29, 1.82) is 0 Å². The molecule has 1 spiro atoms. The van der Waals surface area contributed by atoms with Crippen LogP contribution < -0.4 is 0 Å². The molecule has 3 heterocycles. The normalized spacial score (nSPS) is 38.4. The smallest absolute Gasteiger partial charge is 0.340 e. The molecule has 18 heteroatoms. The minimum absolute atomic E-state index is 0.0470. The summed E-state index contributed by atoms with van der Waals surface area (Å²) in [5.41, 5.74) is -10.2. The van der Waals surface area contributed by atoms with Gasteiger partial charge in [0.15, 0.2) is 35.8 Å². The van der Waals surface area contributed by atoms with Gasteiger partial charge in [0.2, 0.25) is 0 Å². The highest BCUT2D eigenvalue weighted by molar-refractivity contribution is 5.94. The van der Waals surface area contributed by atoms with Crippen LogP contribution in [-0.2, 0) is 71.5 Å². The predicted molar refractivity (Wildman–Crippen MR) is 175 cm³/mol. The second-order valence-corrected chi connectivity index (χ2v) is 14.6. The van der Waals surface area contributed by atoms with Crippen LogP contribution in [0.4, 0.5) is 0 Å². The molecule has 1 aromatic rings. The van der Waals surface area contributed by atoms with Crippen molar-refractivity contribution in [1.82, 2.24) is 4.98 Å². The zero-order valence-electron chi connectivity index (χ0n) is 31.2. The number of rotatable bonds is 6. The van der Waals surface area contributed by atoms with Crippen LogP contribution in [0.2, 0.25) is 0 Å². The van der Waals surface area contributed by atoms with Crippen molar-refractivity contribution < 1.29 is 81.4 Å². The van der Waals surface area contributed by atoms with Crippen LogP contribution in [0.15, 0.2) is 18.3 Å². The third kappa shape index (κ3) is 6.08. The molecule has 0 aromatic carbocycles. The molecular formula is C36H43NO17. The first-order valence-corrected chi connectivity index (χ1v) is 17.2. The Balaban J connectivity index is 1.97. The van der Waals surface area contributed by atoms with Gasteiger partial charge < -0.3 is 43.0 Å². The van der Waals surface area contributed by atoms with Crippen molar-refractivity contribution in [3.05, 3.63) is 29.6 Å². The van der Waals surface area contributed by atoms with Gasteiger partial charge >= 0.3 is 41.8 Å². The standard InChI is InChI=1S/C36H43NO17/c1-15-16(2)31(44)53-29-26(49-18(4)39)30(52-21(7)42)35(14-47-17(3)38)28(51-20(6)41)25(43)23-27(50-19(5)40)36(35,34(29,9)46)54-33(23,8)13-48-32(45)22-11-10-12-37-24(15)22/h10-12,15-16,23,26-30,46H,13-14H2,1-9H3/t15?,16?,23-,26+,27-,28-,29+,30+,33+,34+,35-,36+/m1/s1. The summed E-state index contributed by atoms with van der Waals surface area (Å²) in [7, 11) is 0. The summed E-state index contributed by atoms with van der Waals surface area (Å²) in [5, 5.41) is 13.2. The van der Waals surface area contributed by atoms with Crippen LogP contribution in [0.5, 0.6) is 0 Å². The molecule has 18 nitrogen and oxygen atoms in total. The van der Waals surface area contributed by atoms with Gasteiger partial charge in [0.1, 0.15) is 35.9 Å². The van der Waals surface area contributed by atoms with Crippen molar-refractivity contribution in [3.8, 4) is 0 Å². The number of ether oxygens (including phenoxy) is 8. The molecule has 5 rings (SSSR count). The number of pyridine rings is 1. The molecule has 3 fully saturated rings. The summed E-state index contributed by atoms with van der Waals surface area (Å²) < 4.78 is 47.3. The lowest BCUT2D eigenvalue weighted by atomic mass is 9.45. The van der Waals surface area contributed by atoms with Gasteiger partial charge in [0.05, 0.1) is 23.1 Å².